The molecule has 8 heteroatoms. The molecule has 0 spiro atoms. The van der Waals surface area contributed by atoms with Gasteiger partial charge in [0.2, 0.25) is 15.9 Å². The minimum absolute atomic E-state index is 0.178. The summed E-state index contributed by atoms with van der Waals surface area (Å²) in [5.74, 6) is -0.198. The Labute approximate surface area is 170 Å². The molecular formula is C19H22Cl2N2O3S. The monoisotopic (exact) mass is 428 g/mol. The number of nitrogens with one attached hydrogen (secondary N) is 1. The van der Waals surface area contributed by atoms with Gasteiger partial charge in [-0.2, -0.15) is 0 Å². The van der Waals surface area contributed by atoms with Crippen LogP contribution in [-0.4, -0.2) is 27.1 Å². The van der Waals surface area contributed by atoms with Crippen LogP contribution in [0, 0.1) is 13.8 Å². The van der Waals surface area contributed by atoms with E-state index in [2.05, 4.69) is 5.32 Å². The molecule has 5 nitrogen and oxygen atoms in total. The van der Waals surface area contributed by atoms with Crippen molar-refractivity contribution in [2.24, 2.45) is 0 Å². The van der Waals surface area contributed by atoms with Crippen LogP contribution < -0.4 is 9.62 Å². The predicted molar refractivity (Wildman–Crippen MR) is 112 cm³/mol. The van der Waals surface area contributed by atoms with Crippen LogP contribution in [0.3, 0.4) is 0 Å². The molecule has 0 saturated heterocycles. The Bertz CT molecular complexity index is 946. The van der Waals surface area contributed by atoms with Crippen LogP contribution in [0.1, 0.15) is 24.0 Å². The minimum atomic E-state index is -3.50. The van der Waals surface area contributed by atoms with E-state index in [1.807, 2.05) is 19.9 Å². The van der Waals surface area contributed by atoms with Crippen molar-refractivity contribution in [3.8, 4) is 0 Å². The van der Waals surface area contributed by atoms with Crippen molar-refractivity contribution in [1.82, 2.24) is 0 Å². The number of benzene rings is 2. The zero-order chi connectivity index (χ0) is 20.2. The molecule has 0 unspecified atom stereocenters. The van der Waals surface area contributed by atoms with Gasteiger partial charge in [0, 0.05) is 28.7 Å². The average molecular weight is 429 g/mol. The van der Waals surface area contributed by atoms with Gasteiger partial charge < -0.3 is 5.32 Å². The van der Waals surface area contributed by atoms with Gasteiger partial charge in [-0.3, -0.25) is 9.10 Å². The van der Waals surface area contributed by atoms with E-state index in [0.717, 1.165) is 17.4 Å². The Balaban J connectivity index is 2.05. The molecule has 0 aliphatic rings. The van der Waals surface area contributed by atoms with Crippen LogP contribution in [0.4, 0.5) is 11.4 Å². The van der Waals surface area contributed by atoms with Gasteiger partial charge in [0.05, 0.1) is 11.9 Å². The standard InChI is InChI=1S/C19H22Cl2N2O3S/c1-13-6-8-15(20)11-17(13)22-19(24)5-4-10-23(27(3,25)26)18-12-16(21)9-7-14(18)2/h6-9,11-12H,4-5,10H2,1-3H3,(H,22,24). The number of nitrogens with zero attached hydrogens (tertiary/aromatic N) is 1. The first-order valence-corrected chi connectivity index (χ1v) is 11.0. The van der Waals surface area contributed by atoms with Crippen molar-refractivity contribution in [3.05, 3.63) is 57.6 Å². The number of carbonyl (C=O) groups excluding carboxylic acids is 1. The van der Waals surface area contributed by atoms with Crippen LogP contribution in [-0.2, 0) is 14.8 Å². The Morgan fingerprint density at radius 1 is 1.04 bits per heavy atom. The quantitative estimate of drug-likeness (QED) is 0.688. The molecule has 0 aliphatic heterocycles. The Kier molecular flexibility index (Phi) is 7.14. The SMILES string of the molecule is Cc1ccc(Cl)cc1NC(=O)CCCN(c1cc(Cl)ccc1C)S(C)(=O)=O. The van der Waals surface area contributed by atoms with Crippen LogP contribution >= 0.6 is 23.2 Å². The molecule has 0 saturated carbocycles. The molecule has 0 atom stereocenters. The van der Waals surface area contributed by atoms with Crippen LogP contribution in [0.5, 0.6) is 0 Å². The van der Waals surface area contributed by atoms with Crippen molar-refractivity contribution in [2.45, 2.75) is 26.7 Å². The Morgan fingerprint density at radius 2 is 1.63 bits per heavy atom. The molecule has 1 amide bonds. The molecule has 2 rings (SSSR count). The predicted octanol–water partition coefficient (Wildman–Crippen LogP) is 4.80. The van der Waals surface area contributed by atoms with Gasteiger partial charge >= 0.3 is 0 Å². The number of aryl methyl sites for hydroxylation is 2. The molecule has 27 heavy (non-hydrogen) atoms. The summed E-state index contributed by atoms with van der Waals surface area (Å²) >= 11 is 12.0. The first-order chi connectivity index (χ1) is 12.6. The highest BCUT2D eigenvalue weighted by Crippen LogP contribution is 2.27. The second-order valence-electron chi connectivity index (χ2n) is 6.38. The number of rotatable bonds is 7. The summed E-state index contributed by atoms with van der Waals surface area (Å²) in [4.78, 5) is 12.2. The largest absolute Gasteiger partial charge is 0.326 e. The highest BCUT2D eigenvalue weighted by Gasteiger charge is 2.20. The van der Waals surface area contributed by atoms with Crippen molar-refractivity contribution < 1.29 is 13.2 Å². The fourth-order valence-electron chi connectivity index (χ4n) is 2.64. The average Bonchev–Trinajstić information content (AvgIpc) is 2.56. The van der Waals surface area contributed by atoms with Gasteiger partial charge in [0.15, 0.2) is 0 Å². The summed E-state index contributed by atoms with van der Waals surface area (Å²) in [6.07, 6.45) is 1.69. The highest BCUT2D eigenvalue weighted by atomic mass is 35.5. The zero-order valence-corrected chi connectivity index (χ0v) is 17.7. The van der Waals surface area contributed by atoms with Gasteiger partial charge in [-0.05, 0) is 55.7 Å². The molecule has 1 N–H and O–H groups in total. The Morgan fingerprint density at radius 3 is 2.26 bits per heavy atom. The van der Waals surface area contributed by atoms with E-state index in [9.17, 15) is 13.2 Å². The van der Waals surface area contributed by atoms with E-state index in [-0.39, 0.29) is 18.9 Å². The molecule has 2 aromatic rings. The molecule has 146 valence electrons. The fourth-order valence-corrected chi connectivity index (χ4v) is 3.99. The third-order valence-electron chi connectivity index (χ3n) is 4.08. The van der Waals surface area contributed by atoms with Crippen molar-refractivity contribution >= 4 is 50.5 Å². The van der Waals surface area contributed by atoms with Crippen molar-refractivity contribution in [1.29, 1.82) is 0 Å². The van der Waals surface area contributed by atoms with Crippen LogP contribution in [0.15, 0.2) is 36.4 Å². The number of hydrogen-bond donors (Lipinski definition) is 1. The first kappa shape index (κ1) is 21.5. The topological polar surface area (TPSA) is 66.5 Å². The van der Waals surface area contributed by atoms with Gasteiger partial charge in [-0.15, -0.1) is 0 Å². The maximum Gasteiger partial charge on any atom is 0.232 e. The van der Waals surface area contributed by atoms with Crippen molar-refractivity contribution in [2.75, 3.05) is 22.4 Å². The van der Waals surface area contributed by atoms with Crippen molar-refractivity contribution in [3.63, 3.8) is 0 Å². The molecule has 0 aromatic heterocycles. The lowest BCUT2D eigenvalue weighted by molar-refractivity contribution is -0.116. The number of halogens is 2. The summed E-state index contributed by atoms with van der Waals surface area (Å²) in [6.45, 7) is 3.87. The Hall–Kier alpha value is -1.76. The lowest BCUT2D eigenvalue weighted by Crippen LogP contribution is -2.32. The van der Waals surface area contributed by atoms with E-state index >= 15 is 0 Å². The molecule has 0 heterocycles. The third kappa shape index (κ3) is 6.13. The summed E-state index contributed by atoms with van der Waals surface area (Å²) in [7, 11) is -3.50. The maximum absolute atomic E-state index is 12.2. The number of sulfonamides is 1. The molecule has 0 radical (unpaired) electrons. The van der Waals surface area contributed by atoms with E-state index in [1.54, 1.807) is 30.3 Å². The highest BCUT2D eigenvalue weighted by molar-refractivity contribution is 7.92. The fraction of sp³-hybridized carbons (Fsp3) is 0.316. The van der Waals surface area contributed by atoms with Crippen LogP contribution in [0.2, 0.25) is 10.0 Å². The normalized spacial score (nSPS) is 11.3. The lowest BCUT2D eigenvalue weighted by Gasteiger charge is -2.24. The molecular weight excluding hydrogens is 407 g/mol. The van der Waals surface area contributed by atoms with Gasteiger partial charge in [-0.1, -0.05) is 35.3 Å². The number of amides is 1. The molecule has 0 bridgehead atoms. The summed E-state index contributed by atoms with van der Waals surface area (Å²) in [5, 5.41) is 3.81. The lowest BCUT2D eigenvalue weighted by atomic mass is 10.2. The third-order valence-corrected chi connectivity index (χ3v) is 5.73. The second-order valence-corrected chi connectivity index (χ2v) is 9.16. The first-order valence-electron chi connectivity index (χ1n) is 8.38. The van der Waals surface area contributed by atoms with Gasteiger partial charge in [0.1, 0.15) is 0 Å². The smallest absolute Gasteiger partial charge is 0.232 e. The van der Waals surface area contributed by atoms with E-state index in [1.165, 1.54) is 4.31 Å². The van der Waals surface area contributed by atoms with E-state index < -0.39 is 10.0 Å². The summed E-state index contributed by atoms with van der Waals surface area (Å²) in [6, 6.07) is 10.4. The number of hydrogen-bond acceptors (Lipinski definition) is 3. The van der Waals surface area contributed by atoms with Gasteiger partial charge in [-0.25, -0.2) is 8.42 Å². The maximum atomic E-state index is 12.2. The van der Waals surface area contributed by atoms with E-state index in [0.29, 0.717) is 27.8 Å². The second kappa shape index (κ2) is 8.95. The molecule has 0 fully saturated rings. The summed E-state index contributed by atoms with van der Waals surface area (Å²) < 4.78 is 25.7. The minimum Gasteiger partial charge on any atom is -0.326 e. The van der Waals surface area contributed by atoms with E-state index in [4.69, 9.17) is 23.2 Å². The molecule has 2 aromatic carbocycles. The summed E-state index contributed by atoms with van der Waals surface area (Å²) in [5.41, 5.74) is 2.87. The molecule has 0 aliphatic carbocycles. The van der Waals surface area contributed by atoms with Gasteiger partial charge in [0.25, 0.3) is 0 Å². The van der Waals surface area contributed by atoms with Crippen LogP contribution in [0.25, 0.3) is 0 Å². The number of carbonyl (C=O) groups is 1. The number of anilines is 2. The zero-order valence-electron chi connectivity index (χ0n) is 15.4.